The molecule has 6 heteroatoms. The zero-order valence-electron chi connectivity index (χ0n) is 50.0. The molecule has 92 heavy (non-hydrogen) atoms. The van der Waals surface area contributed by atoms with Crippen LogP contribution < -0.4 is 0 Å². The van der Waals surface area contributed by atoms with Crippen LogP contribution in [0.5, 0.6) is 0 Å². The standard InChI is InChI=1S/C86H54F6/c1-83(85(87,88)89)77-47-69-71(75-45-65(61-35-27-57(28-36-61)53-19-11-5-12-20-53)41-67-39-63(43-73(69)81(67)75)59-31-23-55(24-32-59)51-15-7-3-8-16-51)49-79(77)84(2,86(90,91)92)80-50-72-70(48-78(80)83)74-44-64(60-33-25-56(26-34-60)52-17-9-4-10-18-52)40-68-42-66(46-76(72)82(68)74)62-37-29-58(30-38-62)54-21-13-6-14-22-54/h3-50H,1-2H3. The number of halogens is 6. The molecule has 0 radical (unpaired) electrons. The lowest BCUT2D eigenvalue weighted by atomic mass is 9.57. The lowest BCUT2D eigenvalue weighted by Gasteiger charge is -2.48. The third-order valence-corrected chi connectivity index (χ3v) is 20.2. The summed E-state index contributed by atoms with van der Waals surface area (Å²) in [4.78, 5) is 0. The molecule has 0 amide bonds. The molecule has 0 heterocycles. The minimum Gasteiger partial charge on any atom is -0.170 e. The van der Waals surface area contributed by atoms with Gasteiger partial charge in [-0.1, -0.05) is 218 Å². The highest BCUT2D eigenvalue weighted by molar-refractivity contribution is 6.20. The molecule has 0 bridgehead atoms. The predicted octanol–water partition coefficient (Wildman–Crippen LogP) is 24.7. The van der Waals surface area contributed by atoms with Crippen LogP contribution in [-0.2, 0) is 10.8 Å². The van der Waals surface area contributed by atoms with Crippen molar-refractivity contribution < 1.29 is 26.3 Å². The predicted molar refractivity (Wildman–Crippen MR) is 365 cm³/mol. The Bertz CT molecular complexity index is 4660. The summed E-state index contributed by atoms with van der Waals surface area (Å²) >= 11 is 0. The summed E-state index contributed by atoms with van der Waals surface area (Å²) in [6.45, 7) is 2.19. The summed E-state index contributed by atoms with van der Waals surface area (Å²) in [6, 6.07) is 95.3. The van der Waals surface area contributed by atoms with Gasteiger partial charge in [0, 0.05) is 0 Å². The first-order valence-corrected chi connectivity index (χ1v) is 31.0. The average Bonchev–Trinajstić information content (AvgIpc) is 1.19. The van der Waals surface area contributed by atoms with Crippen LogP contribution in [0.15, 0.2) is 291 Å². The van der Waals surface area contributed by atoms with Gasteiger partial charge in [-0.25, -0.2) is 0 Å². The van der Waals surface area contributed by atoms with E-state index >= 15 is 26.3 Å². The molecule has 0 aliphatic heterocycles. The largest absolute Gasteiger partial charge is 0.402 e. The van der Waals surface area contributed by atoms with Crippen LogP contribution in [0.2, 0.25) is 0 Å². The van der Waals surface area contributed by atoms with Gasteiger partial charge in [0.05, 0.1) is 0 Å². The third-order valence-electron chi connectivity index (χ3n) is 20.2. The van der Waals surface area contributed by atoms with Crippen LogP contribution in [0.1, 0.15) is 36.1 Å². The molecular formula is C86H54F6. The Hall–Kier alpha value is -10.8. The fraction of sp³-hybridized carbons (Fsp3) is 0.0698. The number of hydrogen-bond acceptors (Lipinski definition) is 0. The lowest BCUT2D eigenvalue weighted by Crippen LogP contribution is -2.53. The van der Waals surface area contributed by atoms with Crippen LogP contribution in [0.3, 0.4) is 0 Å². The quantitative estimate of drug-likeness (QED) is 0.133. The maximum Gasteiger partial charge on any atom is 0.402 e. The fourth-order valence-electron chi connectivity index (χ4n) is 15.1. The lowest BCUT2D eigenvalue weighted by molar-refractivity contribution is -0.188. The Morgan fingerprint density at radius 3 is 0.554 bits per heavy atom. The summed E-state index contributed by atoms with van der Waals surface area (Å²) in [6.07, 6.45) is -10.1. The van der Waals surface area contributed by atoms with Crippen LogP contribution in [-0.4, -0.2) is 12.4 Å². The maximum atomic E-state index is 17.3. The second kappa shape index (κ2) is 20.3. The molecule has 0 fully saturated rings. The van der Waals surface area contributed by atoms with Crippen molar-refractivity contribution in [1.82, 2.24) is 0 Å². The van der Waals surface area contributed by atoms with Crippen molar-refractivity contribution >= 4 is 21.5 Å². The van der Waals surface area contributed by atoms with E-state index in [9.17, 15) is 0 Å². The Balaban J connectivity index is 0.878. The Morgan fingerprint density at radius 1 is 0.196 bits per heavy atom. The van der Waals surface area contributed by atoms with Crippen LogP contribution in [0.4, 0.5) is 26.3 Å². The van der Waals surface area contributed by atoms with Gasteiger partial charge in [0.1, 0.15) is 10.8 Å². The van der Waals surface area contributed by atoms with Gasteiger partial charge in [0.25, 0.3) is 0 Å². The highest BCUT2D eigenvalue weighted by Crippen LogP contribution is 2.65. The molecule has 0 saturated heterocycles. The van der Waals surface area contributed by atoms with Crippen LogP contribution in [0, 0.1) is 0 Å². The second-order valence-electron chi connectivity index (χ2n) is 25.2. The van der Waals surface area contributed by atoms with E-state index in [1.165, 1.54) is 24.3 Å². The Kier molecular flexibility index (Phi) is 12.2. The third kappa shape index (κ3) is 8.46. The molecule has 3 aliphatic rings. The molecule has 0 aromatic heterocycles. The summed E-state index contributed by atoms with van der Waals surface area (Å²) in [7, 11) is 0. The van der Waals surface area contributed by atoms with Gasteiger partial charge in [-0.05, 0) is 264 Å². The van der Waals surface area contributed by atoms with E-state index in [0.29, 0.717) is 44.5 Å². The van der Waals surface area contributed by atoms with Gasteiger partial charge >= 0.3 is 12.4 Å². The van der Waals surface area contributed by atoms with E-state index in [1.54, 1.807) is 0 Å². The normalized spacial score (nSPS) is 15.9. The van der Waals surface area contributed by atoms with Crippen molar-refractivity contribution in [2.24, 2.45) is 0 Å². The Labute approximate surface area is 529 Å². The first-order valence-electron chi connectivity index (χ1n) is 31.0. The molecule has 17 rings (SSSR count). The second-order valence-corrected chi connectivity index (χ2v) is 25.2. The van der Waals surface area contributed by atoms with Gasteiger partial charge in [0.15, 0.2) is 0 Å². The number of benzene rings is 14. The summed E-state index contributed by atoms with van der Waals surface area (Å²) in [5.41, 5.74) is 12.1. The van der Waals surface area contributed by atoms with Gasteiger partial charge in [0.2, 0.25) is 0 Å². The minimum absolute atomic E-state index is 0.416. The highest BCUT2D eigenvalue weighted by Gasteiger charge is 2.66. The van der Waals surface area contributed by atoms with Crippen molar-refractivity contribution in [3.05, 3.63) is 313 Å². The van der Waals surface area contributed by atoms with E-state index in [2.05, 4.69) is 72.8 Å². The van der Waals surface area contributed by atoms with Crippen LogP contribution in [0.25, 0.3) is 155 Å². The van der Waals surface area contributed by atoms with E-state index in [0.717, 1.165) is 124 Å². The van der Waals surface area contributed by atoms with Crippen molar-refractivity contribution in [3.8, 4) is 134 Å². The van der Waals surface area contributed by atoms with Crippen molar-refractivity contribution in [1.29, 1.82) is 0 Å². The molecular weight excluding hydrogens is 1150 g/mol. The van der Waals surface area contributed by atoms with Crippen molar-refractivity contribution in [2.75, 3.05) is 0 Å². The van der Waals surface area contributed by atoms with E-state index in [-0.39, 0.29) is 0 Å². The van der Waals surface area contributed by atoms with E-state index in [1.807, 2.05) is 194 Å². The molecule has 0 saturated carbocycles. The molecule has 440 valence electrons. The summed E-state index contributed by atoms with van der Waals surface area (Å²) in [5.74, 6) is 0. The minimum atomic E-state index is -5.07. The summed E-state index contributed by atoms with van der Waals surface area (Å²) < 4.78 is 104. The van der Waals surface area contributed by atoms with Gasteiger partial charge in [-0.15, -0.1) is 0 Å². The van der Waals surface area contributed by atoms with Crippen molar-refractivity contribution in [2.45, 2.75) is 37.0 Å². The molecule has 0 atom stereocenters. The molecule has 14 aromatic carbocycles. The fourth-order valence-corrected chi connectivity index (χ4v) is 15.1. The molecule has 0 unspecified atom stereocenters. The zero-order valence-corrected chi connectivity index (χ0v) is 50.0. The molecule has 14 aromatic rings. The van der Waals surface area contributed by atoms with E-state index in [4.69, 9.17) is 0 Å². The van der Waals surface area contributed by atoms with Crippen molar-refractivity contribution in [3.63, 3.8) is 0 Å². The first kappa shape index (κ1) is 55.3. The number of hydrogen-bond donors (Lipinski definition) is 0. The molecule has 0 spiro atoms. The number of rotatable bonds is 8. The monoisotopic (exact) mass is 1200 g/mol. The van der Waals surface area contributed by atoms with Gasteiger partial charge < -0.3 is 0 Å². The number of fused-ring (bicyclic) bond motifs is 8. The average molecular weight is 1200 g/mol. The van der Waals surface area contributed by atoms with Crippen LogP contribution >= 0.6 is 0 Å². The topological polar surface area (TPSA) is 0 Å². The maximum absolute atomic E-state index is 17.3. The first-order chi connectivity index (χ1) is 44.6. The smallest absolute Gasteiger partial charge is 0.170 e. The molecule has 3 aliphatic carbocycles. The highest BCUT2D eigenvalue weighted by atomic mass is 19.4. The summed E-state index contributed by atoms with van der Waals surface area (Å²) in [5, 5.41) is 3.19. The number of alkyl halides is 6. The van der Waals surface area contributed by atoms with Gasteiger partial charge in [-0.3, -0.25) is 0 Å². The molecule has 0 nitrogen and oxygen atoms in total. The Morgan fingerprint density at radius 2 is 0.370 bits per heavy atom. The zero-order chi connectivity index (χ0) is 62.4. The SMILES string of the molecule is CC1(C(F)(F)F)c2cc3c(cc2C(C)(C(F)(F)F)c2cc4c(cc21)-c1cc(-c2ccc(-c5ccccc5)cc2)cc2cc(-c5ccc(-c6ccccc6)cc5)cc-4c12)-c1cc(-c2ccc(-c4ccccc4)cc2)cc2cc(-c4ccc(-c5ccccc5)cc4)cc-3c12. The van der Waals surface area contributed by atoms with Gasteiger partial charge in [-0.2, -0.15) is 26.3 Å². The van der Waals surface area contributed by atoms with E-state index < -0.39 is 45.4 Å². The molecule has 0 N–H and O–H groups in total.